The number of aromatic nitrogens is 1. The van der Waals surface area contributed by atoms with Gasteiger partial charge in [-0.2, -0.15) is 0 Å². The van der Waals surface area contributed by atoms with Gasteiger partial charge in [0.15, 0.2) is 0 Å². The van der Waals surface area contributed by atoms with E-state index in [0.29, 0.717) is 31.5 Å². The first-order chi connectivity index (χ1) is 17.6. The van der Waals surface area contributed by atoms with E-state index in [1.54, 1.807) is 18.3 Å². The summed E-state index contributed by atoms with van der Waals surface area (Å²) < 4.78 is 0. The Hall–Kier alpha value is -3.47. The van der Waals surface area contributed by atoms with Gasteiger partial charge in [0, 0.05) is 31.4 Å². The lowest BCUT2D eigenvalue weighted by Crippen LogP contribution is -2.34. The number of pyridine rings is 1. The summed E-state index contributed by atoms with van der Waals surface area (Å²) in [6.07, 6.45) is 34.6. The molecule has 0 saturated heterocycles. The third-order valence-electron chi connectivity index (χ3n) is 5.04. The van der Waals surface area contributed by atoms with Crippen molar-refractivity contribution in [2.45, 2.75) is 65.2 Å². The van der Waals surface area contributed by atoms with Gasteiger partial charge in [-0.25, -0.2) is 0 Å². The van der Waals surface area contributed by atoms with Crippen molar-refractivity contribution < 1.29 is 9.59 Å². The highest BCUT2D eigenvalue weighted by Crippen LogP contribution is 1.99. The van der Waals surface area contributed by atoms with Crippen LogP contribution in [-0.2, 0) is 4.79 Å². The van der Waals surface area contributed by atoms with Crippen LogP contribution >= 0.6 is 0 Å². The van der Waals surface area contributed by atoms with Crippen molar-refractivity contribution in [3.8, 4) is 0 Å². The van der Waals surface area contributed by atoms with Gasteiger partial charge in [0.1, 0.15) is 0 Å². The van der Waals surface area contributed by atoms with Crippen LogP contribution < -0.4 is 10.6 Å². The number of carbonyl (C=O) groups excluding carboxylic acids is 2. The molecule has 0 saturated carbocycles. The lowest BCUT2D eigenvalue weighted by molar-refractivity contribution is -0.120. The summed E-state index contributed by atoms with van der Waals surface area (Å²) in [6.45, 7) is 4.82. The molecule has 0 radical (unpaired) electrons. The molecule has 5 nitrogen and oxygen atoms in total. The summed E-state index contributed by atoms with van der Waals surface area (Å²) in [5.41, 5.74) is 1.38. The van der Waals surface area contributed by atoms with Crippen molar-refractivity contribution in [3.63, 3.8) is 0 Å². The molecule has 1 aromatic rings. The summed E-state index contributed by atoms with van der Waals surface area (Å²) in [4.78, 5) is 28.0. The average molecular weight is 490 g/mol. The van der Waals surface area contributed by atoms with E-state index in [1.165, 1.54) is 0 Å². The Morgan fingerprint density at radius 2 is 1.22 bits per heavy atom. The summed E-state index contributed by atoms with van der Waals surface area (Å²) in [6, 6.07) is 3.54. The summed E-state index contributed by atoms with van der Waals surface area (Å²) >= 11 is 0. The van der Waals surface area contributed by atoms with Gasteiger partial charge in [0.2, 0.25) is 5.91 Å². The quantitative estimate of drug-likeness (QED) is 0.178. The Bertz CT molecular complexity index is 906. The van der Waals surface area contributed by atoms with E-state index in [0.717, 1.165) is 44.2 Å². The fraction of sp³-hybridized carbons (Fsp3) is 0.387. The van der Waals surface area contributed by atoms with Crippen LogP contribution in [0.5, 0.6) is 0 Å². The zero-order valence-corrected chi connectivity index (χ0v) is 22.0. The molecule has 0 bridgehead atoms. The van der Waals surface area contributed by atoms with Crippen molar-refractivity contribution >= 4 is 11.8 Å². The smallest absolute Gasteiger partial charge is 0.252 e. The maximum atomic E-state index is 12.0. The zero-order chi connectivity index (χ0) is 26.1. The highest BCUT2D eigenvalue weighted by atomic mass is 16.2. The number of rotatable bonds is 18. The Morgan fingerprint density at radius 3 is 1.72 bits per heavy atom. The molecule has 1 heterocycles. The van der Waals surface area contributed by atoms with Gasteiger partial charge in [-0.3, -0.25) is 14.6 Å². The first kappa shape index (κ1) is 30.6. The molecule has 0 fully saturated rings. The maximum absolute atomic E-state index is 12.0. The number of carbonyl (C=O) groups is 2. The van der Waals surface area contributed by atoms with Crippen molar-refractivity contribution in [1.82, 2.24) is 15.6 Å². The van der Waals surface area contributed by atoms with Gasteiger partial charge in [0.05, 0.1) is 5.56 Å². The molecule has 0 aliphatic carbocycles. The molecule has 2 N–H and O–H groups in total. The van der Waals surface area contributed by atoms with Crippen LogP contribution in [0.2, 0.25) is 0 Å². The average Bonchev–Trinajstić information content (AvgIpc) is 2.88. The first-order valence-electron chi connectivity index (χ1n) is 13.0. The van der Waals surface area contributed by atoms with Crippen LogP contribution in [0.15, 0.2) is 91.2 Å². The van der Waals surface area contributed by atoms with Gasteiger partial charge in [-0.15, -0.1) is 0 Å². The topological polar surface area (TPSA) is 71.1 Å². The molecule has 194 valence electrons. The molecule has 5 heteroatoms. The fourth-order valence-electron chi connectivity index (χ4n) is 3.02. The Kier molecular flexibility index (Phi) is 18.7. The highest BCUT2D eigenvalue weighted by molar-refractivity contribution is 5.93. The number of hydrogen-bond acceptors (Lipinski definition) is 3. The molecule has 0 aliphatic rings. The molecule has 1 aromatic heterocycles. The minimum absolute atomic E-state index is 0.0132. The molecular formula is C31H43N3O2. The van der Waals surface area contributed by atoms with Crippen LogP contribution in [-0.4, -0.2) is 29.9 Å². The molecule has 0 atom stereocenters. The molecular weight excluding hydrogens is 446 g/mol. The maximum Gasteiger partial charge on any atom is 0.252 e. The second kappa shape index (κ2) is 22.0. The molecule has 0 spiro atoms. The second-order valence-corrected chi connectivity index (χ2v) is 8.25. The largest absolute Gasteiger partial charge is 0.354 e. The standard InChI is InChI=1S/C31H43N3O2/c1-3-4-5-6-7-8-9-10-11-12-13-14-15-16-17-18-19-20-21-22-30(35)32-25-26-33-31(36)29-24-23-28(2)34-27-29/h4-5,7-8,10-11,13-14,16-17,19-20,23-24,27H,3,6,9,12,15,18,21-22,25-26H2,1-2H3,(H,32,35)(H,33,36). The third-order valence-corrected chi connectivity index (χ3v) is 5.04. The lowest BCUT2D eigenvalue weighted by Gasteiger charge is -2.06. The van der Waals surface area contributed by atoms with Crippen molar-refractivity contribution in [1.29, 1.82) is 0 Å². The third kappa shape index (κ3) is 17.9. The van der Waals surface area contributed by atoms with Gasteiger partial charge in [0.25, 0.3) is 5.91 Å². The summed E-state index contributed by atoms with van der Waals surface area (Å²) in [7, 11) is 0. The summed E-state index contributed by atoms with van der Waals surface area (Å²) in [5.74, 6) is -0.199. The van der Waals surface area contributed by atoms with Gasteiger partial charge < -0.3 is 10.6 Å². The second-order valence-electron chi connectivity index (χ2n) is 8.25. The minimum Gasteiger partial charge on any atom is -0.354 e. The monoisotopic (exact) mass is 489 g/mol. The minimum atomic E-state index is -0.185. The normalized spacial score (nSPS) is 12.3. The number of nitrogens with one attached hydrogen (secondary N) is 2. The Morgan fingerprint density at radius 1 is 0.722 bits per heavy atom. The molecule has 2 amide bonds. The SMILES string of the molecule is CCC=CCC=CCC=CCC=CCC=CCC=CCCC(=O)NCCNC(=O)c1ccc(C)nc1. The summed E-state index contributed by atoms with van der Waals surface area (Å²) in [5, 5.41) is 5.60. The number of hydrogen-bond donors (Lipinski definition) is 2. The number of allylic oxidation sites excluding steroid dienone is 12. The van der Waals surface area contributed by atoms with Crippen LogP contribution in [0, 0.1) is 6.92 Å². The fourth-order valence-corrected chi connectivity index (χ4v) is 3.02. The van der Waals surface area contributed by atoms with Crippen LogP contribution in [0.3, 0.4) is 0 Å². The van der Waals surface area contributed by atoms with Crippen LogP contribution in [0.1, 0.15) is 74.3 Å². The van der Waals surface area contributed by atoms with Crippen molar-refractivity contribution in [2.75, 3.05) is 13.1 Å². The van der Waals surface area contributed by atoms with Crippen molar-refractivity contribution in [3.05, 3.63) is 102 Å². The molecule has 1 rings (SSSR count). The molecule has 0 unspecified atom stereocenters. The lowest BCUT2D eigenvalue weighted by atomic mass is 10.2. The van der Waals surface area contributed by atoms with Crippen LogP contribution in [0.25, 0.3) is 0 Å². The van der Waals surface area contributed by atoms with E-state index in [4.69, 9.17) is 0 Å². The predicted octanol–water partition coefficient (Wildman–Crippen LogP) is 6.71. The van der Waals surface area contributed by atoms with E-state index in [-0.39, 0.29) is 11.8 Å². The zero-order valence-electron chi connectivity index (χ0n) is 22.0. The van der Waals surface area contributed by atoms with Crippen LogP contribution in [0.4, 0.5) is 0 Å². The van der Waals surface area contributed by atoms with E-state index >= 15 is 0 Å². The Balaban J connectivity index is 1.98. The van der Waals surface area contributed by atoms with Gasteiger partial charge in [-0.1, -0.05) is 79.8 Å². The van der Waals surface area contributed by atoms with Gasteiger partial charge >= 0.3 is 0 Å². The van der Waals surface area contributed by atoms with Gasteiger partial charge in [-0.05, 0) is 64.0 Å². The molecule has 0 aliphatic heterocycles. The number of amides is 2. The first-order valence-corrected chi connectivity index (χ1v) is 13.0. The predicted molar refractivity (Wildman–Crippen MR) is 152 cm³/mol. The molecule has 36 heavy (non-hydrogen) atoms. The number of aryl methyl sites for hydroxylation is 1. The van der Waals surface area contributed by atoms with E-state index < -0.39 is 0 Å². The Labute approximate surface area is 217 Å². The van der Waals surface area contributed by atoms with Crippen molar-refractivity contribution in [2.24, 2.45) is 0 Å². The highest BCUT2D eigenvalue weighted by Gasteiger charge is 2.05. The van der Waals surface area contributed by atoms with E-state index in [9.17, 15) is 9.59 Å². The van der Waals surface area contributed by atoms with E-state index in [2.05, 4.69) is 89.4 Å². The molecule has 0 aromatic carbocycles. The number of nitrogens with zero attached hydrogens (tertiary/aromatic N) is 1. The van der Waals surface area contributed by atoms with E-state index in [1.807, 2.05) is 13.0 Å².